The van der Waals surface area contributed by atoms with Crippen LogP contribution in [0.2, 0.25) is 0 Å². The van der Waals surface area contributed by atoms with Gasteiger partial charge in [0.25, 0.3) is 0 Å². The second-order valence-corrected chi connectivity index (χ2v) is 8.80. The Morgan fingerprint density at radius 3 is 1.58 bits per heavy atom. The van der Waals surface area contributed by atoms with Crippen LogP contribution in [0.3, 0.4) is 0 Å². The van der Waals surface area contributed by atoms with Crippen molar-refractivity contribution in [2.45, 2.75) is 4.69 Å². The monoisotopic (exact) mass is 555 g/mol. The maximum atomic E-state index is 4.50. The Labute approximate surface area is 170 Å². The molecule has 0 atom stereocenters. The van der Waals surface area contributed by atoms with Crippen molar-refractivity contribution in [1.82, 2.24) is 29.3 Å². The topological polar surface area (TPSA) is 53.5 Å². The fourth-order valence-electron chi connectivity index (χ4n) is 2.01. The van der Waals surface area contributed by atoms with Crippen molar-refractivity contribution in [2.24, 2.45) is 0 Å². The molecule has 3 rings (SSSR count). The van der Waals surface area contributed by atoms with Gasteiger partial charge in [0.15, 0.2) is 0 Å². The summed E-state index contributed by atoms with van der Waals surface area (Å²) in [5.41, 5.74) is 0. The summed E-state index contributed by atoms with van der Waals surface area (Å²) >= 11 is 10.6. The number of nitrogens with zero attached hydrogens (tertiary/aromatic N) is 6. The summed E-state index contributed by atoms with van der Waals surface area (Å²) in [4.78, 5) is 2.04. The van der Waals surface area contributed by atoms with Crippen LogP contribution in [0, 0.1) is 0 Å². The van der Waals surface area contributed by atoms with Crippen molar-refractivity contribution in [3.63, 3.8) is 0 Å². The third-order valence-electron chi connectivity index (χ3n) is 2.95. The molecule has 0 aliphatic rings. The average molecular weight is 558 g/mol. The van der Waals surface area contributed by atoms with E-state index in [0.717, 1.165) is 13.4 Å². The summed E-state index contributed by atoms with van der Waals surface area (Å²) < 4.78 is 7.36. The molecule has 0 amide bonds. The van der Waals surface area contributed by atoms with E-state index in [2.05, 4.69) is 69.7 Å². The van der Waals surface area contributed by atoms with E-state index in [1.165, 1.54) is 0 Å². The predicted octanol–water partition coefficient (Wildman–Crippen LogP) is 4.01. The molecule has 3 aromatic rings. The Morgan fingerprint density at radius 1 is 0.875 bits per heavy atom. The van der Waals surface area contributed by atoms with E-state index >= 15 is 0 Å². The number of allylic oxidation sites excluding steroid dienone is 2. The van der Waals surface area contributed by atoms with Crippen LogP contribution in [-0.4, -0.2) is 29.3 Å². The molecule has 10 heteroatoms. The maximum absolute atomic E-state index is 4.50. The van der Waals surface area contributed by atoms with Gasteiger partial charge in [-0.15, -0.1) is 0 Å². The number of halogens is 3. The number of rotatable bonds is 6. The van der Waals surface area contributed by atoms with E-state index in [1.807, 2.05) is 43.7 Å². The van der Waals surface area contributed by atoms with Gasteiger partial charge in [0.2, 0.25) is 0 Å². The van der Waals surface area contributed by atoms with Gasteiger partial charge in [0.1, 0.15) is 0 Å². The first-order chi connectivity index (χ1) is 11.6. The minimum atomic E-state index is -0.785. The van der Waals surface area contributed by atoms with Crippen LogP contribution in [0.25, 0.3) is 0 Å². The summed E-state index contributed by atoms with van der Waals surface area (Å²) in [6.07, 6.45) is 14.6. The van der Waals surface area contributed by atoms with Crippen molar-refractivity contribution >= 4 is 47.8 Å². The molecule has 0 spiro atoms. The van der Waals surface area contributed by atoms with E-state index in [1.54, 1.807) is 24.7 Å². The third kappa shape index (κ3) is 3.39. The van der Waals surface area contributed by atoms with Crippen LogP contribution in [-0.2, 0) is 19.6 Å². The molecule has 0 saturated carbocycles. The van der Waals surface area contributed by atoms with Gasteiger partial charge in [-0.25, -0.2) is 0 Å². The Kier molecular flexibility index (Phi) is 5.61. The Bertz CT molecular complexity index is 782. The molecular weight excluding hydrogens is 547 g/mol. The fourth-order valence-corrected chi connectivity index (χ4v) is 4.30. The Morgan fingerprint density at radius 2 is 1.29 bits per heavy atom. The number of aromatic nitrogens is 6. The number of hydrogen-bond acceptors (Lipinski definition) is 3. The van der Waals surface area contributed by atoms with Crippen LogP contribution in [0.5, 0.6) is 0 Å². The molecule has 0 aliphatic carbocycles. The molecule has 0 radical (unpaired) electrons. The van der Waals surface area contributed by atoms with Gasteiger partial charge in [0, 0.05) is 0 Å². The normalized spacial score (nSPS) is 12.1. The molecular formula is C14H11Br3MnN6. The summed E-state index contributed by atoms with van der Waals surface area (Å²) in [5, 5.41) is 13.5. The van der Waals surface area contributed by atoms with Crippen molar-refractivity contribution in [3.8, 4) is 0 Å². The zero-order valence-electron chi connectivity index (χ0n) is 12.1. The second kappa shape index (κ2) is 7.53. The summed E-state index contributed by atoms with van der Waals surface area (Å²) in [6, 6.07) is 0. The molecule has 0 N–H and O–H groups in total. The van der Waals surface area contributed by atoms with E-state index in [9.17, 15) is 0 Å². The van der Waals surface area contributed by atoms with Crippen LogP contribution < -0.4 is 0 Å². The van der Waals surface area contributed by atoms with E-state index < -0.39 is 4.69 Å². The molecule has 6 nitrogen and oxygen atoms in total. The first kappa shape index (κ1) is 17.9. The van der Waals surface area contributed by atoms with Crippen molar-refractivity contribution in [1.29, 1.82) is 0 Å². The SMILES string of the molecule is C=CC=[CH][Mn][C](n1cc(Br)cn1)(n1cc(Br)cn1)n1cc(Br)cn1. The summed E-state index contributed by atoms with van der Waals surface area (Å²) in [6.45, 7) is 3.74. The van der Waals surface area contributed by atoms with Crippen LogP contribution in [0.15, 0.2) is 74.3 Å². The molecule has 0 aromatic carbocycles. The second-order valence-electron chi connectivity index (χ2n) is 4.53. The quantitative estimate of drug-likeness (QED) is 0.340. The minimum absolute atomic E-state index is 0.222. The first-order valence-corrected chi connectivity index (χ1v) is 10.3. The Hall–Kier alpha value is -0.931. The molecule has 125 valence electrons. The van der Waals surface area contributed by atoms with Crippen LogP contribution in [0.4, 0.5) is 0 Å². The van der Waals surface area contributed by atoms with Crippen molar-refractivity contribution in [2.75, 3.05) is 0 Å². The van der Waals surface area contributed by atoms with Crippen LogP contribution in [0.1, 0.15) is 0 Å². The van der Waals surface area contributed by atoms with Gasteiger partial charge in [-0.05, 0) is 0 Å². The molecule has 3 heterocycles. The standard InChI is InChI=1S/C10H6Br3N6.C4H5.Mn/c11-7-1-14-17(4-7)10(18-5-8(12)2-15-18)19-6-9(13)3-16-19;1-3-4-2;/h1-6H;1,3-4H,2H2;. The van der Waals surface area contributed by atoms with Gasteiger partial charge in [-0.2, -0.15) is 0 Å². The Balaban J connectivity index is 2.26. The van der Waals surface area contributed by atoms with Gasteiger partial charge in [-0.1, -0.05) is 0 Å². The zero-order chi connectivity index (χ0) is 17.2. The average Bonchev–Trinajstić information content (AvgIpc) is 3.27. The van der Waals surface area contributed by atoms with Gasteiger partial charge < -0.3 is 0 Å². The van der Waals surface area contributed by atoms with Gasteiger partial charge in [0.05, 0.1) is 0 Å². The van der Waals surface area contributed by atoms with E-state index in [-0.39, 0.29) is 15.0 Å². The summed E-state index contributed by atoms with van der Waals surface area (Å²) in [5.74, 6) is 0. The predicted molar refractivity (Wildman–Crippen MR) is 97.9 cm³/mol. The number of hydrogen-bond donors (Lipinski definition) is 0. The van der Waals surface area contributed by atoms with Crippen molar-refractivity contribution in [3.05, 3.63) is 74.3 Å². The first-order valence-electron chi connectivity index (χ1n) is 6.60. The van der Waals surface area contributed by atoms with Gasteiger partial charge in [-0.3, -0.25) is 0 Å². The third-order valence-corrected chi connectivity index (χ3v) is 5.87. The zero-order valence-corrected chi connectivity index (χ0v) is 18.0. The van der Waals surface area contributed by atoms with Crippen LogP contribution >= 0.6 is 47.8 Å². The molecule has 0 fully saturated rings. The molecule has 24 heavy (non-hydrogen) atoms. The van der Waals surface area contributed by atoms with E-state index in [4.69, 9.17) is 0 Å². The molecule has 0 aliphatic heterocycles. The van der Waals surface area contributed by atoms with Gasteiger partial charge >= 0.3 is 171 Å². The molecule has 3 aromatic heterocycles. The summed E-state index contributed by atoms with van der Waals surface area (Å²) in [7, 11) is 0. The molecule has 0 saturated heterocycles. The molecule has 0 bridgehead atoms. The molecule has 0 unspecified atom stereocenters. The van der Waals surface area contributed by atoms with E-state index in [0.29, 0.717) is 0 Å². The fraction of sp³-hybridized carbons (Fsp3) is 0.0714. The van der Waals surface area contributed by atoms with Crippen molar-refractivity contribution < 1.29 is 15.0 Å².